The van der Waals surface area contributed by atoms with Crippen LogP contribution in [0.25, 0.3) is 0 Å². The number of rotatable bonds is 9. The molecule has 0 unspecified atom stereocenters. The van der Waals surface area contributed by atoms with E-state index >= 15 is 0 Å². The van der Waals surface area contributed by atoms with Gasteiger partial charge in [0.15, 0.2) is 0 Å². The average Bonchev–Trinajstić information content (AvgIpc) is 3.25. The monoisotopic (exact) mass is 377 g/mol. The summed E-state index contributed by atoms with van der Waals surface area (Å²) in [6.07, 6.45) is 5.69. The van der Waals surface area contributed by atoms with Crippen LogP contribution in [0.2, 0.25) is 0 Å². The van der Waals surface area contributed by atoms with Crippen LogP contribution in [0.4, 0.5) is 0 Å². The lowest BCUT2D eigenvalue weighted by Gasteiger charge is -2.38. The fourth-order valence-electron chi connectivity index (χ4n) is 4.52. The number of aromatic nitrogens is 1. The van der Waals surface area contributed by atoms with Gasteiger partial charge in [-0.05, 0) is 55.8 Å². The number of hydrogen-bond donors (Lipinski definition) is 2. The first kappa shape index (κ1) is 19.9. The smallest absolute Gasteiger partial charge is 0.304 e. The van der Waals surface area contributed by atoms with Gasteiger partial charge in [0.1, 0.15) is 5.76 Å². The van der Waals surface area contributed by atoms with Gasteiger partial charge in [-0.3, -0.25) is 9.59 Å². The summed E-state index contributed by atoms with van der Waals surface area (Å²) in [6.45, 7) is 6.80. The Balaban J connectivity index is 1.76. The summed E-state index contributed by atoms with van der Waals surface area (Å²) in [4.78, 5) is 22.3. The molecule has 0 spiro atoms. The van der Waals surface area contributed by atoms with Crippen molar-refractivity contribution in [2.75, 3.05) is 0 Å². The van der Waals surface area contributed by atoms with Crippen LogP contribution in [0.15, 0.2) is 4.52 Å². The molecule has 2 aliphatic carbocycles. The van der Waals surface area contributed by atoms with Crippen LogP contribution in [-0.2, 0) is 9.59 Å². The molecular weight excluding hydrogens is 346 g/mol. The van der Waals surface area contributed by atoms with Gasteiger partial charge in [-0.1, -0.05) is 25.9 Å². The van der Waals surface area contributed by atoms with Crippen molar-refractivity contribution >= 4 is 11.9 Å². The number of aliphatic carboxylic acids is 2. The molecule has 0 bridgehead atoms. The van der Waals surface area contributed by atoms with Crippen molar-refractivity contribution in [1.82, 2.24) is 5.16 Å². The average molecular weight is 377 g/mol. The fraction of sp³-hybridized carbons (Fsp3) is 0.762. The van der Waals surface area contributed by atoms with Crippen molar-refractivity contribution in [2.24, 2.45) is 11.3 Å². The summed E-state index contributed by atoms with van der Waals surface area (Å²) in [7, 11) is 0. The Morgan fingerprint density at radius 3 is 2.33 bits per heavy atom. The number of hydrogen-bond acceptors (Lipinski definition) is 4. The van der Waals surface area contributed by atoms with Crippen LogP contribution in [0.5, 0.6) is 0 Å². The molecule has 0 saturated heterocycles. The van der Waals surface area contributed by atoms with Crippen molar-refractivity contribution in [3.8, 4) is 0 Å². The highest BCUT2D eigenvalue weighted by atomic mass is 16.5. The topological polar surface area (TPSA) is 101 Å². The van der Waals surface area contributed by atoms with Gasteiger partial charge in [0, 0.05) is 23.8 Å². The minimum Gasteiger partial charge on any atom is -0.481 e. The SMILES string of the molecule is CC(C)(C)CC1CC(c2noc([C@@H](CCC(=O)O)CC(=O)O)c2C2CC2)C1. The molecule has 2 N–H and O–H groups in total. The molecule has 0 aliphatic heterocycles. The number of carboxylic acids is 2. The van der Waals surface area contributed by atoms with E-state index in [0.29, 0.717) is 28.9 Å². The standard InChI is InChI=1S/C21H31NO5/c1-21(2,3)11-12-8-15(9-12)19-18(13-4-5-13)20(27-22-19)14(10-17(25)26)6-7-16(23)24/h12-15H,4-11H2,1-3H3,(H,23,24)(H,25,26)/t12?,14-,15?/m0/s1. The van der Waals surface area contributed by atoms with Crippen molar-refractivity contribution in [3.05, 3.63) is 17.0 Å². The van der Waals surface area contributed by atoms with E-state index in [1.807, 2.05) is 0 Å². The maximum absolute atomic E-state index is 11.3. The molecule has 0 amide bonds. The predicted molar refractivity (Wildman–Crippen MR) is 99.9 cm³/mol. The lowest BCUT2D eigenvalue weighted by Crippen LogP contribution is -2.27. The van der Waals surface area contributed by atoms with Crippen LogP contribution >= 0.6 is 0 Å². The van der Waals surface area contributed by atoms with Gasteiger partial charge in [-0.2, -0.15) is 0 Å². The normalized spacial score (nSPS) is 23.7. The van der Waals surface area contributed by atoms with Crippen molar-refractivity contribution in [3.63, 3.8) is 0 Å². The Morgan fingerprint density at radius 2 is 1.81 bits per heavy atom. The zero-order valence-corrected chi connectivity index (χ0v) is 16.5. The van der Waals surface area contributed by atoms with Crippen molar-refractivity contribution in [2.45, 2.75) is 89.9 Å². The van der Waals surface area contributed by atoms with Gasteiger partial charge in [0.2, 0.25) is 0 Å². The molecule has 1 aromatic heterocycles. The molecule has 0 aromatic carbocycles. The van der Waals surface area contributed by atoms with E-state index in [-0.39, 0.29) is 19.3 Å². The largest absolute Gasteiger partial charge is 0.481 e. The summed E-state index contributed by atoms with van der Waals surface area (Å²) in [5.74, 6) is -0.110. The minimum absolute atomic E-state index is 0.0603. The van der Waals surface area contributed by atoms with E-state index in [2.05, 4.69) is 25.9 Å². The van der Waals surface area contributed by atoms with E-state index < -0.39 is 17.9 Å². The lowest BCUT2D eigenvalue weighted by molar-refractivity contribution is -0.139. The molecule has 1 atom stereocenters. The van der Waals surface area contributed by atoms with Gasteiger partial charge >= 0.3 is 11.9 Å². The number of nitrogens with zero attached hydrogens (tertiary/aromatic N) is 1. The third-order valence-corrected chi connectivity index (χ3v) is 5.79. The van der Waals surface area contributed by atoms with Gasteiger partial charge in [-0.15, -0.1) is 0 Å². The molecule has 2 aliphatic rings. The second-order valence-corrected chi connectivity index (χ2v) is 9.65. The fourth-order valence-corrected chi connectivity index (χ4v) is 4.52. The maximum atomic E-state index is 11.3. The molecule has 1 heterocycles. The van der Waals surface area contributed by atoms with Crippen LogP contribution in [0, 0.1) is 11.3 Å². The molecule has 3 rings (SSSR count). The highest BCUT2D eigenvalue weighted by Gasteiger charge is 2.42. The van der Waals surface area contributed by atoms with Gasteiger partial charge in [0.05, 0.1) is 12.1 Å². The molecule has 1 aromatic rings. The Hall–Kier alpha value is -1.85. The molecule has 27 heavy (non-hydrogen) atoms. The summed E-state index contributed by atoms with van der Waals surface area (Å²) in [6, 6.07) is 0. The van der Waals surface area contributed by atoms with Crippen molar-refractivity contribution in [1.29, 1.82) is 0 Å². The molecule has 2 fully saturated rings. The van der Waals surface area contributed by atoms with E-state index in [0.717, 1.165) is 36.9 Å². The van der Waals surface area contributed by atoms with E-state index in [4.69, 9.17) is 9.63 Å². The predicted octanol–water partition coefficient (Wildman–Crippen LogP) is 4.90. The number of carboxylic acid groups (broad SMARTS) is 2. The zero-order valence-electron chi connectivity index (χ0n) is 16.5. The first-order valence-electron chi connectivity index (χ1n) is 10.1. The summed E-state index contributed by atoms with van der Waals surface area (Å²) < 4.78 is 5.68. The molecule has 6 heteroatoms. The first-order valence-corrected chi connectivity index (χ1v) is 10.1. The second kappa shape index (κ2) is 7.64. The summed E-state index contributed by atoms with van der Waals surface area (Å²) >= 11 is 0. The Labute approximate surface area is 160 Å². The summed E-state index contributed by atoms with van der Waals surface area (Å²) in [5.41, 5.74) is 2.45. The Morgan fingerprint density at radius 1 is 1.15 bits per heavy atom. The van der Waals surface area contributed by atoms with Crippen molar-refractivity contribution < 1.29 is 24.3 Å². The highest BCUT2D eigenvalue weighted by molar-refractivity contribution is 5.69. The Bertz CT molecular complexity index is 692. The molecule has 6 nitrogen and oxygen atoms in total. The van der Waals surface area contributed by atoms with E-state index in [9.17, 15) is 14.7 Å². The van der Waals surface area contributed by atoms with Crippen LogP contribution in [0.1, 0.15) is 107 Å². The van der Waals surface area contributed by atoms with E-state index in [1.54, 1.807) is 0 Å². The van der Waals surface area contributed by atoms with Gasteiger partial charge in [0.25, 0.3) is 0 Å². The van der Waals surface area contributed by atoms with Crippen LogP contribution in [0.3, 0.4) is 0 Å². The third-order valence-electron chi connectivity index (χ3n) is 5.79. The second-order valence-electron chi connectivity index (χ2n) is 9.65. The molecule has 150 valence electrons. The number of carbonyl (C=O) groups is 2. The van der Waals surface area contributed by atoms with Gasteiger partial charge < -0.3 is 14.7 Å². The van der Waals surface area contributed by atoms with E-state index in [1.165, 1.54) is 6.42 Å². The summed E-state index contributed by atoms with van der Waals surface area (Å²) in [5, 5.41) is 22.6. The van der Waals surface area contributed by atoms with Crippen LogP contribution < -0.4 is 0 Å². The van der Waals surface area contributed by atoms with Crippen LogP contribution in [-0.4, -0.2) is 27.3 Å². The molecule has 2 saturated carbocycles. The minimum atomic E-state index is -0.932. The third kappa shape index (κ3) is 5.11. The quantitative estimate of drug-likeness (QED) is 0.634. The lowest BCUT2D eigenvalue weighted by atomic mass is 9.66. The maximum Gasteiger partial charge on any atom is 0.304 e. The first-order chi connectivity index (χ1) is 12.6. The highest BCUT2D eigenvalue weighted by Crippen LogP contribution is 2.53. The zero-order chi connectivity index (χ0) is 19.8. The molecular formula is C21H31NO5. The Kier molecular flexibility index (Phi) is 5.63. The van der Waals surface area contributed by atoms with Gasteiger partial charge in [-0.25, -0.2) is 0 Å². The molecule has 0 radical (unpaired) electrons.